The van der Waals surface area contributed by atoms with Crippen LogP contribution in [0.5, 0.6) is 0 Å². The van der Waals surface area contributed by atoms with E-state index in [0.29, 0.717) is 18.7 Å². The summed E-state index contributed by atoms with van der Waals surface area (Å²) < 4.78 is 27.2. The molecule has 0 saturated carbocycles. The van der Waals surface area contributed by atoms with Crippen molar-refractivity contribution in [2.75, 3.05) is 18.9 Å². The van der Waals surface area contributed by atoms with Crippen LogP contribution in [0.1, 0.15) is 42.5 Å². The summed E-state index contributed by atoms with van der Waals surface area (Å²) in [5, 5.41) is 11.9. The minimum Gasteiger partial charge on any atom is -0.478 e. The number of aromatic carboxylic acids is 1. The molecule has 3 N–H and O–H groups in total. The quantitative estimate of drug-likeness (QED) is 0.664. The van der Waals surface area contributed by atoms with Crippen LogP contribution in [0.25, 0.3) is 0 Å². The van der Waals surface area contributed by atoms with Gasteiger partial charge in [0.05, 0.1) is 10.5 Å². The lowest BCUT2D eigenvalue weighted by Gasteiger charge is -2.13. The lowest BCUT2D eigenvalue weighted by molar-refractivity contribution is 0.0697. The van der Waals surface area contributed by atoms with Crippen LogP contribution in [0.4, 0.5) is 5.69 Å². The zero-order valence-electron chi connectivity index (χ0n) is 13.1. The van der Waals surface area contributed by atoms with Gasteiger partial charge in [-0.15, -0.1) is 0 Å². The number of carboxylic acid groups (broad SMARTS) is 1. The van der Waals surface area contributed by atoms with Crippen molar-refractivity contribution < 1.29 is 18.3 Å². The van der Waals surface area contributed by atoms with Gasteiger partial charge in [0.2, 0.25) is 10.0 Å². The first-order valence-corrected chi connectivity index (χ1v) is 9.15. The molecule has 0 aromatic heterocycles. The van der Waals surface area contributed by atoms with Gasteiger partial charge in [-0.05, 0) is 50.3 Å². The van der Waals surface area contributed by atoms with Crippen molar-refractivity contribution in [3.63, 3.8) is 0 Å². The normalized spacial score (nSPS) is 15.1. The average Bonchev–Trinajstić information content (AvgIpc) is 2.55. The monoisotopic (exact) mass is 338 g/mol. The van der Waals surface area contributed by atoms with Crippen LogP contribution >= 0.6 is 0 Å². The van der Waals surface area contributed by atoms with Crippen molar-refractivity contribution in [2.45, 2.75) is 37.0 Å². The standard InChI is InChI=1S/C16H22N2O4S/c1-17-15-8-7-13(11-14(15)16(19)20)23(21,22)18-10-9-12-5-3-2-4-6-12/h5,7-8,11,17-18H,2-4,6,9-10H2,1H3,(H,19,20). The summed E-state index contributed by atoms with van der Waals surface area (Å²) in [6.45, 7) is 0.324. The highest BCUT2D eigenvalue weighted by Gasteiger charge is 2.18. The molecule has 0 amide bonds. The first-order chi connectivity index (χ1) is 10.9. The summed E-state index contributed by atoms with van der Waals surface area (Å²) in [5.41, 5.74) is 1.60. The molecule has 1 aliphatic carbocycles. The van der Waals surface area contributed by atoms with Gasteiger partial charge in [-0.2, -0.15) is 0 Å². The average molecular weight is 338 g/mol. The van der Waals surface area contributed by atoms with Gasteiger partial charge >= 0.3 is 5.97 Å². The molecular formula is C16H22N2O4S. The molecule has 126 valence electrons. The van der Waals surface area contributed by atoms with Crippen LogP contribution in [-0.2, 0) is 10.0 Å². The Morgan fingerprint density at radius 1 is 1.30 bits per heavy atom. The topological polar surface area (TPSA) is 95.5 Å². The Kier molecular flexibility index (Phi) is 5.79. The van der Waals surface area contributed by atoms with Crippen molar-refractivity contribution in [1.82, 2.24) is 4.72 Å². The molecule has 23 heavy (non-hydrogen) atoms. The smallest absolute Gasteiger partial charge is 0.337 e. The van der Waals surface area contributed by atoms with Crippen LogP contribution in [0.3, 0.4) is 0 Å². The number of rotatable bonds is 7. The Hall–Kier alpha value is -1.86. The predicted molar refractivity (Wildman–Crippen MR) is 89.3 cm³/mol. The van der Waals surface area contributed by atoms with E-state index in [-0.39, 0.29) is 10.5 Å². The Morgan fingerprint density at radius 3 is 2.70 bits per heavy atom. The molecule has 0 heterocycles. The Bertz CT molecular complexity index is 711. The molecule has 0 unspecified atom stereocenters. The van der Waals surface area contributed by atoms with E-state index in [0.717, 1.165) is 19.3 Å². The van der Waals surface area contributed by atoms with Gasteiger partial charge in [-0.1, -0.05) is 11.6 Å². The summed E-state index contributed by atoms with van der Waals surface area (Å²) in [6.07, 6.45) is 7.33. The first-order valence-electron chi connectivity index (χ1n) is 7.66. The minimum atomic E-state index is -3.71. The van der Waals surface area contributed by atoms with Crippen molar-refractivity contribution in [1.29, 1.82) is 0 Å². The molecule has 1 aromatic carbocycles. The van der Waals surface area contributed by atoms with Crippen LogP contribution in [0.2, 0.25) is 0 Å². The van der Waals surface area contributed by atoms with E-state index < -0.39 is 16.0 Å². The minimum absolute atomic E-state index is 0.0356. The van der Waals surface area contributed by atoms with E-state index >= 15 is 0 Å². The molecule has 0 atom stereocenters. The fraction of sp³-hybridized carbons (Fsp3) is 0.438. The maximum atomic E-state index is 12.3. The van der Waals surface area contributed by atoms with Gasteiger partial charge in [-0.25, -0.2) is 17.9 Å². The number of hydrogen-bond donors (Lipinski definition) is 3. The summed E-state index contributed by atoms with van der Waals surface area (Å²) in [6, 6.07) is 4.04. The number of sulfonamides is 1. The molecule has 0 aliphatic heterocycles. The van der Waals surface area contributed by atoms with Crippen molar-refractivity contribution in [3.8, 4) is 0 Å². The number of allylic oxidation sites excluding steroid dienone is 1. The number of carbonyl (C=O) groups is 1. The maximum absolute atomic E-state index is 12.3. The van der Waals surface area contributed by atoms with Crippen molar-refractivity contribution in [3.05, 3.63) is 35.4 Å². The molecule has 0 fully saturated rings. The molecule has 6 nitrogen and oxygen atoms in total. The largest absolute Gasteiger partial charge is 0.478 e. The number of nitrogens with one attached hydrogen (secondary N) is 2. The van der Waals surface area contributed by atoms with E-state index in [4.69, 9.17) is 0 Å². The summed E-state index contributed by atoms with van der Waals surface area (Å²) in [4.78, 5) is 11.2. The first kappa shape index (κ1) is 17.5. The van der Waals surface area contributed by atoms with Crippen LogP contribution in [-0.4, -0.2) is 33.1 Å². The zero-order valence-corrected chi connectivity index (χ0v) is 13.9. The second-order valence-corrected chi connectivity index (χ2v) is 7.29. The molecule has 0 bridgehead atoms. The lowest BCUT2D eigenvalue weighted by Crippen LogP contribution is -2.25. The third kappa shape index (κ3) is 4.56. The second kappa shape index (κ2) is 7.61. The summed E-state index contributed by atoms with van der Waals surface area (Å²) in [5.74, 6) is -1.17. The highest BCUT2D eigenvalue weighted by Crippen LogP contribution is 2.21. The Balaban J connectivity index is 2.08. The maximum Gasteiger partial charge on any atom is 0.337 e. The molecule has 1 aromatic rings. The van der Waals surface area contributed by atoms with Gasteiger partial charge in [0.15, 0.2) is 0 Å². The number of benzene rings is 1. The molecule has 0 saturated heterocycles. The van der Waals surface area contributed by atoms with Crippen LogP contribution < -0.4 is 10.0 Å². The van der Waals surface area contributed by atoms with Crippen molar-refractivity contribution in [2.24, 2.45) is 0 Å². The SMILES string of the molecule is CNc1ccc(S(=O)(=O)NCCC2=CCCCC2)cc1C(=O)O. The molecule has 0 spiro atoms. The third-order valence-electron chi connectivity index (χ3n) is 3.92. The van der Waals surface area contributed by atoms with Crippen LogP contribution in [0.15, 0.2) is 34.7 Å². The van der Waals surface area contributed by atoms with Gasteiger partial charge in [-0.3, -0.25) is 0 Å². The predicted octanol–water partition coefficient (Wildman–Crippen LogP) is 2.60. The van der Waals surface area contributed by atoms with E-state index in [1.807, 2.05) is 0 Å². The third-order valence-corrected chi connectivity index (χ3v) is 5.38. The molecule has 2 rings (SSSR count). The van der Waals surface area contributed by atoms with Crippen LogP contribution in [0, 0.1) is 0 Å². The summed E-state index contributed by atoms with van der Waals surface area (Å²) >= 11 is 0. The van der Waals surface area contributed by atoms with Crippen molar-refractivity contribution >= 4 is 21.7 Å². The fourth-order valence-corrected chi connectivity index (χ4v) is 3.70. The van der Waals surface area contributed by atoms with E-state index in [1.54, 1.807) is 7.05 Å². The number of hydrogen-bond acceptors (Lipinski definition) is 4. The zero-order chi connectivity index (χ0) is 16.9. The number of carboxylic acids is 1. The van der Waals surface area contributed by atoms with E-state index in [1.165, 1.54) is 30.2 Å². The van der Waals surface area contributed by atoms with Gasteiger partial charge < -0.3 is 10.4 Å². The fourth-order valence-electron chi connectivity index (χ4n) is 2.65. The van der Waals surface area contributed by atoms with Gasteiger partial charge in [0.1, 0.15) is 0 Å². The molecular weight excluding hydrogens is 316 g/mol. The highest BCUT2D eigenvalue weighted by atomic mass is 32.2. The van der Waals surface area contributed by atoms with E-state index in [9.17, 15) is 18.3 Å². The highest BCUT2D eigenvalue weighted by molar-refractivity contribution is 7.89. The second-order valence-electron chi connectivity index (χ2n) is 5.52. The molecule has 7 heteroatoms. The van der Waals surface area contributed by atoms with Gasteiger partial charge in [0, 0.05) is 19.3 Å². The number of anilines is 1. The Labute approximate surface area is 136 Å². The Morgan fingerprint density at radius 2 is 2.09 bits per heavy atom. The summed E-state index contributed by atoms with van der Waals surface area (Å²) in [7, 11) is -2.12. The van der Waals surface area contributed by atoms with E-state index in [2.05, 4.69) is 16.1 Å². The lowest BCUT2D eigenvalue weighted by atomic mass is 9.97. The molecule has 1 aliphatic rings. The molecule has 0 radical (unpaired) electrons. The van der Waals surface area contributed by atoms with Gasteiger partial charge in [0.25, 0.3) is 0 Å².